The highest BCUT2D eigenvalue weighted by Gasteiger charge is 2.19. The Morgan fingerprint density at radius 1 is 1.21 bits per heavy atom. The highest BCUT2D eigenvalue weighted by atomic mass is 16.1. The van der Waals surface area contributed by atoms with Crippen LogP contribution in [0.15, 0.2) is 42.5 Å². The van der Waals surface area contributed by atoms with Crippen LogP contribution < -0.4 is 10.2 Å². The smallest absolute Gasteiger partial charge is 0.270 e. The van der Waals surface area contributed by atoms with Gasteiger partial charge in [-0.1, -0.05) is 24.3 Å². The SMILES string of the molecule is CN(C)CCNC(=O)c1cccc(N2CCCc3ccccc32)n1. The second-order valence-corrected chi connectivity index (χ2v) is 6.32. The standard InChI is InChI=1S/C19H24N4O/c1-22(2)14-12-20-19(24)16-9-5-11-18(21-16)23-13-6-8-15-7-3-4-10-17(15)23/h3-5,7,9-11H,6,8,12-14H2,1-2H3,(H,20,24). The lowest BCUT2D eigenvalue weighted by Crippen LogP contribution is -2.32. The molecule has 0 aliphatic carbocycles. The molecule has 0 radical (unpaired) electrons. The maximum Gasteiger partial charge on any atom is 0.270 e. The van der Waals surface area contributed by atoms with Crippen LogP contribution in [0.5, 0.6) is 0 Å². The summed E-state index contributed by atoms with van der Waals surface area (Å²) in [5.74, 6) is 0.714. The number of fused-ring (bicyclic) bond motifs is 1. The Hall–Kier alpha value is -2.40. The van der Waals surface area contributed by atoms with E-state index in [9.17, 15) is 4.79 Å². The molecule has 5 heteroatoms. The number of pyridine rings is 1. The van der Waals surface area contributed by atoms with E-state index in [1.807, 2.05) is 31.1 Å². The Morgan fingerprint density at radius 2 is 2.04 bits per heavy atom. The van der Waals surface area contributed by atoms with E-state index >= 15 is 0 Å². The number of anilines is 2. The summed E-state index contributed by atoms with van der Waals surface area (Å²) < 4.78 is 0. The highest BCUT2D eigenvalue weighted by molar-refractivity contribution is 5.92. The minimum atomic E-state index is -0.121. The van der Waals surface area contributed by atoms with Crippen LogP contribution in [-0.2, 0) is 6.42 Å². The fraction of sp³-hybridized carbons (Fsp3) is 0.368. The van der Waals surface area contributed by atoms with Crippen molar-refractivity contribution in [3.05, 3.63) is 53.7 Å². The molecular weight excluding hydrogens is 300 g/mol. The normalized spacial score (nSPS) is 13.7. The Labute approximate surface area is 143 Å². The van der Waals surface area contributed by atoms with Gasteiger partial charge in [-0.25, -0.2) is 4.98 Å². The Balaban J connectivity index is 1.78. The zero-order chi connectivity index (χ0) is 16.9. The van der Waals surface area contributed by atoms with Crippen LogP contribution in [0.1, 0.15) is 22.5 Å². The van der Waals surface area contributed by atoms with E-state index in [-0.39, 0.29) is 5.91 Å². The lowest BCUT2D eigenvalue weighted by molar-refractivity contribution is 0.0946. The van der Waals surface area contributed by atoms with Crippen molar-refractivity contribution in [2.24, 2.45) is 0 Å². The van der Waals surface area contributed by atoms with Crippen molar-refractivity contribution in [2.75, 3.05) is 38.6 Å². The zero-order valence-corrected chi connectivity index (χ0v) is 14.3. The van der Waals surface area contributed by atoms with E-state index in [2.05, 4.69) is 39.5 Å². The molecule has 126 valence electrons. The number of amides is 1. The number of aromatic nitrogens is 1. The summed E-state index contributed by atoms with van der Waals surface area (Å²) in [6.07, 6.45) is 2.19. The molecular formula is C19H24N4O. The van der Waals surface area contributed by atoms with Gasteiger partial charge in [-0.15, -0.1) is 0 Å². The fourth-order valence-electron chi connectivity index (χ4n) is 2.96. The molecule has 0 atom stereocenters. The first-order valence-electron chi connectivity index (χ1n) is 8.40. The second kappa shape index (κ2) is 7.45. The Morgan fingerprint density at radius 3 is 2.88 bits per heavy atom. The van der Waals surface area contributed by atoms with Gasteiger partial charge in [0.05, 0.1) is 0 Å². The number of hydrogen-bond donors (Lipinski definition) is 1. The number of para-hydroxylation sites is 1. The third-order valence-corrected chi connectivity index (χ3v) is 4.20. The summed E-state index contributed by atoms with van der Waals surface area (Å²) in [4.78, 5) is 21.1. The molecule has 24 heavy (non-hydrogen) atoms. The van der Waals surface area contributed by atoms with Gasteiger partial charge in [-0.05, 0) is 50.7 Å². The second-order valence-electron chi connectivity index (χ2n) is 6.32. The minimum Gasteiger partial charge on any atom is -0.349 e. The van der Waals surface area contributed by atoms with E-state index in [0.29, 0.717) is 12.2 Å². The number of hydrogen-bond acceptors (Lipinski definition) is 4. The maximum atomic E-state index is 12.3. The monoisotopic (exact) mass is 324 g/mol. The molecule has 2 aromatic rings. The first kappa shape index (κ1) is 16.5. The molecule has 0 unspecified atom stereocenters. The van der Waals surface area contributed by atoms with Gasteiger partial charge in [0.1, 0.15) is 11.5 Å². The molecule has 0 bridgehead atoms. The molecule has 1 N–H and O–H groups in total. The zero-order valence-electron chi connectivity index (χ0n) is 14.3. The molecule has 0 fully saturated rings. The van der Waals surface area contributed by atoms with Crippen LogP contribution in [0, 0.1) is 0 Å². The van der Waals surface area contributed by atoms with Crippen LogP contribution in [0.4, 0.5) is 11.5 Å². The molecule has 0 saturated heterocycles. The summed E-state index contributed by atoms with van der Waals surface area (Å²) in [6, 6.07) is 14.1. The Bertz CT molecular complexity index is 714. The van der Waals surface area contributed by atoms with E-state index in [1.54, 1.807) is 6.07 Å². The van der Waals surface area contributed by atoms with Crippen molar-refractivity contribution in [3.8, 4) is 0 Å². The third-order valence-electron chi connectivity index (χ3n) is 4.20. The molecule has 5 nitrogen and oxygen atoms in total. The van der Waals surface area contributed by atoms with Gasteiger partial charge < -0.3 is 15.1 Å². The molecule has 3 rings (SSSR count). The predicted molar refractivity (Wildman–Crippen MR) is 96.9 cm³/mol. The van der Waals surface area contributed by atoms with Crippen molar-refractivity contribution < 1.29 is 4.79 Å². The summed E-state index contributed by atoms with van der Waals surface area (Å²) in [5, 5.41) is 2.92. The van der Waals surface area contributed by atoms with E-state index in [4.69, 9.17) is 0 Å². The summed E-state index contributed by atoms with van der Waals surface area (Å²) >= 11 is 0. The number of nitrogens with one attached hydrogen (secondary N) is 1. The Kier molecular flexibility index (Phi) is 5.11. The molecule has 1 aromatic heterocycles. The molecule has 0 saturated carbocycles. The largest absolute Gasteiger partial charge is 0.349 e. The van der Waals surface area contributed by atoms with E-state index < -0.39 is 0 Å². The average Bonchev–Trinajstić information content (AvgIpc) is 2.61. The van der Waals surface area contributed by atoms with Gasteiger partial charge in [0.15, 0.2) is 0 Å². The lowest BCUT2D eigenvalue weighted by Gasteiger charge is -2.30. The van der Waals surface area contributed by atoms with Crippen LogP contribution in [0.25, 0.3) is 0 Å². The van der Waals surface area contributed by atoms with E-state index in [0.717, 1.165) is 31.7 Å². The maximum absolute atomic E-state index is 12.3. The third kappa shape index (κ3) is 3.74. The van der Waals surface area contributed by atoms with Gasteiger partial charge in [-0.3, -0.25) is 4.79 Å². The fourth-order valence-corrected chi connectivity index (χ4v) is 2.96. The van der Waals surface area contributed by atoms with Crippen molar-refractivity contribution >= 4 is 17.4 Å². The van der Waals surface area contributed by atoms with Crippen molar-refractivity contribution in [1.82, 2.24) is 15.2 Å². The number of nitrogens with zero attached hydrogens (tertiary/aromatic N) is 3. The highest BCUT2D eigenvalue weighted by Crippen LogP contribution is 2.32. The summed E-state index contributed by atoms with van der Waals surface area (Å²) in [5.41, 5.74) is 3.00. The van der Waals surface area contributed by atoms with Crippen LogP contribution in [-0.4, -0.2) is 49.5 Å². The molecule has 1 aliphatic heterocycles. The van der Waals surface area contributed by atoms with Gasteiger partial charge >= 0.3 is 0 Å². The van der Waals surface area contributed by atoms with Crippen molar-refractivity contribution in [2.45, 2.75) is 12.8 Å². The van der Waals surface area contributed by atoms with Gasteiger partial charge in [0.25, 0.3) is 5.91 Å². The van der Waals surface area contributed by atoms with Crippen molar-refractivity contribution in [3.63, 3.8) is 0 Å². The summed E-state index contributed by atoms with van der Waals surface area (Å²) in [6.45, 7) is 2.35. The summed E-state index contributed by atoms with van der Waals surface area (Å²) in [7, 11) is 3.97. The van der Waals surface area contributed by atoms with E-state index in [1.165, 1.54) is 11.3 Å². The van der Waals surface area contributed by atoms with Gasteiger partial charge in [0, 0.05) is 25.3 Å². The first-order valence-corrected chi connectivity index (χ1v) is 8.40. The number of benzene rings is 1. The molecule has 2 heterocycles. The number of likely N-dealkylation sites (N-methyl/N-ethyl adjacent to an activating group) is 1. The van der Waals surface area contributed by atoms with Gasteiger partial charge in [-0.2, -0.15) is 0 Å². The molecule has 1 amide bonds. The van der Waals surface area contributed by atoms with Crippen LogP contribution >= 0.6 is 0 Å². The van der Waals surface area contributed by atoms with Crippen LogP contribution in [0.3, 0.4) is 0 Å². The minimum absolute atomic E-state index is 0.121. The average molecular weight is 324 g/mol. The van der Waals surface area contributed by atoms with Crippen LogP contribution in [0.2, 0.25) is 0 Å². The molecule has 1 aromatic carbocycles. The number of aryl methyl sites for hydroxylation is 1. The van der Waals surface area contributed by atoms with Gasteiger partial charge in [0.2, 0.25) is 0 Å². The number of carbonyl (C=O) groups excluding carboxylic acids is 1. The van der Waals surface area contributed by atoms with Crippen molar-refractivity contribution in [1.29, 1.82) is 0 Å². The quantitative estimate of drug-likeness (QED) is 0.918. The molecule has 0 spiro atoms. The number of carbonyl (C=O) groups is 1. The topological polar surface area (TPSA) is 48.5 Å². The lowest BCUT2D eigenvalue weighted by atomic mass is 10.0. The first-order chi connectivity index (χ1) is 11.6. The number of rotatable bonds is 5. The molecule has 1 aliphatic rings. The predicted octanol–water partition coefficient (Wildman–Crippen LogP) is 2.46.